The van der Waals surface area contributed by atoms with Crippen LogP contribution in [0.25, 0.3) is 0 Å². The zero-order valence-corrected chi connectivity index (χ0v) is 9.63. The van der Waals surface area contributed by atoms with Crippen molar-refractivity contribution in [3.05, 3.63) is 29.8 Å². The van der Waals surface area contributed by atoms with Gasteiger partial charge in [-0.25, -0.2) is 0 Å². The Labute approximate surface area is 82.5 Å². The van der Waals surface area contributed by atoms with Crippen molar-refractivity contribution in [2.24, 2.45) is 0 Å². The highest BCUT2D eigenvalue weighted by atomic mass is 28.3. The molecule has 0 unspecified atom stereocenters. The van der Waals surface area contributed by atoms with E-state index in [-0.39, 0.29) is 0 Å². The minimum atomic E-state index is -0.588. The van der Waals surface area contributed by atoms with E-state index in [4.69, 9.17) is 4.43 Å². The Bertz CT molecular complexity index is 239. The summed E-state index contributed by atoms with van der Waals surface area (Å²) in [6.45, 7) is 6.49. The Balaban J connectivity index is 2.58. The van der Waals surface area contributed by atoms with Crippen LogP contribution in [0.15, 0.2) is 24.3 Å². The lowest BCUT2D eigenvalue weighted by Gasteiger charge is -2.12. The van der Waals surface area contributed by atoms with E-state index in [0.29, 0.717) is 0 Å². The second kappa shape index (κ2) is 5.07. The standard InChI is InChI=1S/C11H17OSi/c1-4-13(5-2)12-11-8-6-10(3)7-9-11/h6-9H,4-5H2,1-3H3. The van der Waals surface area contributed by atoms with Gasteiger partial charge in [-0.1, -0.05) is 31.5 Å². The van der Waals surface area contributed by atoms with Crippen LogP contribution < -0.4 is 4.43 Å². The summed E-state index contributed by atoms with van der Waals surface area (Å²) >= 11 is 0. The van der Waals surface area contributed by atoms with Gasteiger partial charge >= 0.3 is 0 Å². The molecule has 13 heavy (non-hydrogen) atoms. The molecule has 0 saturated carbocycles. The van der Waals surface area contributed by atoms with Crippen molar-refractivity contribution in [3.8, 4) is 5.75 Å². The second-order valence-corrected chi connectivity index (χ2v) is 5.86. The molecule has 2 heteroatoms. The summed E-state index contributed by atoms with van der Waals surface area (Å²) in [5, 5.41) is 0. The van der Waals surface area contributed by atoms with Crippen molar-refractivity contribution in [1.29, 1.82) is 0 Å². The molecule has 0 aliphatic rings. The topological polar surface area (TPSA) is 9.23 Å². The molecule has 0 aliphatic heterocycles. The predicted molar refractivity (Wildman–Crippen MR) is 58.5 cm³/mol. The molecule has 0 aromatic heterocycles. The molecule has 0 saturated heterocycles. The van der Waals surface area contributed by atoms with Crippen LogP contribution >= 0.6 is 0 Å². The Morgan fingerprint density at radius 1 is 1.08 bits per heavy atom. The van der Waals surface area contributed by atoms with Crippen LogP contribution in [-0.2, 0) is 0 Å². The molecule has 0 fully saturated rings. The van der Waals surface area contributed by atoms with Gasteiger partial charge in [0.05, 0.1) is 0 Å². The molecule has 0 N–H and O–H groups in total. The van der Waals surface area contributed by atoms with Crippen molar-refractivity contribution in [2.75, 3.05) is 0 Å². The van der Waals surface area contributed by atoms with E-state index in [1.54, 1.807) is 0 Å². The van der Waals surface area contributed by atoms with Gasteiger partial charge in [-0.05, 0) is 31.1 Å². The van der Waals surface area contributed by atoms with Crippen LogP contribution in [0.1, 0.15) is 19.4 Å². The van der Waals surface area contributed by atoms with Crippen LogP contribution in [0, 0.1) is 6.92 Å². The Morgan fingerprint density at radius 2 is 1.62 bits per heavy atom. The molecule has 0 amide bonds. The molecule has 1 rings (SSSR count). The number of hydrogen-bond acceptors (Lipinski definition) is 1. The van der Waals surface area contributed by atoms with Crippen LogP contribution in [0.5, 0.6) is 5.75 Å². The normalized spacial score (nSPS) is 10.5. The molecule has 1 radical (unpaired) electrons. The highest BCUT2D eigenvalue weighted by Crippen LogP contribution is 2.14. The minimum absolute atomic E-state index is 0.588. The highest BCUT2D eigenvalue weighted by Gasteiger charge is 2.08. The van der Waals surface area contributed by atoms with Crippen molar-refractivity contribution in [1.82, 2.24) is 0 Å². The first kappa shape index (κ1) is 10.3. The zero-order valence-electron chi connectivity index (χ0n) is 8.63. The number of benzene rings is 1. The van der Waals surface area contributed by atoms with E-state index in [9.17, 15) is 0 Å². The van der Waals surface area contributed by atoms with E-state index in [2.05, 4.69) is 45.0 Å². The van der Waals surface area contributed by atoms with Gasteiger partial charge in [0.15, 0.2) is 0 Å². The first-order chi connectivity index (χ1) is 6.26. The molecule has 0 aliphatic carbocycles. The smallest absolute Gasteiger partial charge is 0.280 e. The molecule has 1 nitrogen and oxygen atoms in total. The SMILES string of the molecule is CC[Si](CC)Oc1ccc(C)cc1. The van der Waals surface area contributed by atoms with Crippen molar-refractivity contribution >= 4 is 9.04 Å². The van der Waals surface area contributed by atoms with Crippen molar-refractivity contribution in [2.45, 2.75) is 32.9 Å². The summed E-state index contributed by atoms with van der Waals surface area (Å²) in [4.78, 5) is 0. The lowest BCUT2D eigenvalue weighted by Crippen LogP contribution is -2.18. The van der Waals surface area contributed by atoms with Crippen molar-refractivity contribution in [3.63, 3.8) is 0 Å². The van der Waals surface area contributed by atoms with Gasteiger partial charge in [0.25, 0.3) is 9.04 Å². The highest BCUT2D eigenvalue weighted by molar-refractivity contribution is 6.52. The first-order valence-corrected chi connectivity index (χ1v) is 6.67. The van der Waals surface area contributed by atoms with Gasteiger partial charge < -0.3 is 4.43 Å². The third-order valence-electron chi connectivity index (χ3n) is 2.07. The number of aryl methyl sites for hydroxylation is 1. The van der Waals surface area contributed by atoms with E-state index >= 15 is 0 Å². The zero-order chi connectivity index (χ0) is 9.68. The molecular formula is C11H17OSi. The van der Waals surface area contributed by atoms with E-state index in [1.807, 2.05) is 0 Å². The number of rotatable bonds is 4. The molecule has 0 heterocycles. The Morgan fingerprint density at radius 3 is 2.08 bits per heavy atom. The van der Waals surface area contributed by atoms with E-state index in [1.165, 1.54) is 17.7 Å². The van der Waals surface area contributed by atoms with Gasteiger partial charge in [0.2, 0.25) is 0 Å². The minimum Gasteiger partial charge on any atom is -0.542 e. The summed E-state index contributed by atoms with van der Waals surface area (Å²) < 4.78 is 5.87. The largest absolute Gasteiger partial charge is 0.542 e. The van der Waals surface area contributed by atoms with Crippen LogP contribution in [0.3, 0.4) is 0 Å². The second-order valence-electron chi connectivity index (χ2n) is 3.16. The molecule has 1 aromatic rings. The summed E-state index contributed by atoms with van der Waals surface area (Å²) in [6, 6.07) is 10.7. The molecule has 0 spiro atoms. The summed E-state index contributed by atoms with van der Waals surface area (Å²) in [7, 11) is -0.588. The monoisotopic (exact) mass is 193 g/mol. The third kappa shape index (κ3) is 3.23. The van der Waals surface area contributed by atoms with Gasteiger partial charge in [0.1, 0.15) is 5.75 Å². The fourth-order valence-electron chi connectivity index (χ4n) is 1.17. The fourth-order valence-corrected chi connectivity index (χ4v) is 2.43. The predicted octanol–water partition coefficient (Wildman–Crippen LogP) is 3.41. The molecule has 71 valence electrons. The van der Waals surface area contributed by atoms with Crippen LogP contribution in [-0.4, -0.2) is 9.04 Å². The maximum Gasteiger partial charge on any atom is 0.280 e. The maximum absolute atomic E-state index is 5.87. The maximum atomic E-state index is 5.87. The van der Waals surface area contributed by atoms with Gasteiger partial charge in [0, 0.05) is 0 Å². The summed E-state index contributed by atoms with van der Waals surface area (Å²) in [5.74, 6) is 1.03. The average Bonchev–Trinajstić information content (AvgIpc) is 2.17. The summed E-state index contributed by atoms with van der Waals surface area (Å²) in [6.07, 6.45) is 0. The van der Waals surface area contributed by atoms with Gasteiger partial charge in [-0.3, -0.25) is 0 Å². The Kier molecular flexibility index (Phi) is 4.03. The average molecular weight is 193 g/mol. The van der Waals surface area contributed by atoms with Crippen molar-refractivity contribution < 1.29 is 4.43 Å². The quantitative estimate of drug-likeness (QED) is 0.666. The first-order valence-electron chi connectivity index (χ1n) is 4.85. The lowest BCUT2D eigenvalue weighted by atomic mass is 10.2. The van der Waals surface area contributed by atoms with Crippen LogP contribution in [0.2, 0.25) is 12.1 Å². The number of hydrogen-bond donors (Lipinski definition) is 0. The van der Waals surface area contributed by atoms with E-state index in [0.717, 1.165) is 5.75 Å². The molecule has 1 aromatic carbocycles. The van der Waals surface area contributed by atoms with E-state index < -0.39 is 9.04 Å². The summed E-state index contributed by atoms with van der Waals surface area (Å²) in [5.41, 5.74) is 1.29. The molecular weight excluding hydrogens is 176 g/mol. The molecule has 0 atom stereocenters. The van der Waals surface area contributed by atoms with Gasteiger partial charge in [-0.15, -0.1) is 0 Å². The third-order valence-corrected chi connectivity index (χ3v) is 4.17. The lowest BCUT2D eigenvalue weighted by molar-refractivity contribution is 0.566. The van der Waals surface area contributed by atoms with Gasteiger partial charge in [-0.2, -0.15) is 0 Å². The fraction of sp³-hybridized carbons (Fsp3) is 0.455. The molecule has 0 bridgehead atoms. The Hall–Kier alpha value is -0.763. The van der Waals surface area contributed by atoms with Crippen LogP contribution in [0.4, 0.5) is 0 Å².